The van der Waals surface area contributed by atoms with E-state index in [-0.39, 0.29) is 29.7 Å². The maximum absolute atomic E-state index is 14.3. The summed E-state index contributed by atoms with van der Waals surface area (Å²) in [5.41, 5.74) is 0.992. The van der Waals surface area contributed by atoms with E-state index in [1.54, 1.807) is 17.0 Å². The van der Waals surface area contributed by atoms with Gasteiger partial charge in [-0.15, -0.1) is 0 Å². The number of amides is 1. The highest BCUT2D eigenvalue weighted by atomic mass is 35.5. The van der Waals surface area contributed by atoms with E-state index in [1.165, 1.54) is 0 Å². The van der Waals surface area contributed by atoms with Crippen LogP contribution in [0.15, 0.2) is 28.7 Å². The number of pyridine rings is 1. The number of halogens is 6. The lowest BCUT2D eigenvalue weighted by Crippen LogP contribution is -2.62. The molecule has 1 atom stereocenters. The minimum Gasteiger partial charge on any atom is -0.360 e. The number of carbonyl (C=O) groups is 1. The van der Waals surface area contributed by atoms with Gasteiger partial charge in [-0.25, -0.2) is 13.8 Å². The minimum absolute atomic E-state index is 0.0408. The molecular formula is C23H19Cl2F4N3O2S. The van der Waals surface area contributed by atoms with Gasteiger partial charge in [0.25, 0.3) is 0 Å². The highest BCUT2D eigenvalue weighted by Crippen LogP contribution is 2.57. The molecule has 0 N–H and O–H groups in total. The largest absolute Gasteiger partial charge is 0.409 e. The summed E-state index contributed by atoms with van der Waals surface area (Å²) < 4.78 is 64.5. The Bertz CT molecular complexity index is 1240. The SMILES string of the molecule is CC(C)C(=O)N1CC2(C1)OCc1nc(C3=NSC(c4cc(Cl)c(F)c(Cl)c4)(C(F)(F)F)C3)ccc12. The van der Waals surface area contributed by atoms with Crippen LogP contribution in [-0.2, 0) is 26.5 Å². The lowest BCUT2D eigenvalue weighted by atomic mass is 9.85. The van der Waals surface area contributed by atoms with Gasteiger partial charge in [-0.1, -0.05) is 43.1 Å². The van der Waals surface area contributed by atoms with E-state index in [0.29, 0.717) is 36.4 Å². The molecule has 1 unspecified atom stereocenters. The van der Waals surface area contributed by atoms with Crippen LogP contribution in [0.4, 0.5) is 17.6 Å². The van der Waals surface area contributed by atoms with Crippen LogP contribution in [0, 0.1) is 11.7 Å². The second-order valence-electron chi connectivity index (χ2n) is 9.21. The summed E-state index contributed by atoms with van der Waals surface area (Å²) in [5.74, 6) is -1.05. The van der Waals surface area contributed by atoms with Crippen molar-refractivity contribution in [3.63, 3.8) is 0 Å². The number of benzene rings is 1. The first-order valence-corrected chi connectivity index (χ1v) is 12.3. The molecule has 5 rings (SSSR count). The predicted molar refractivity (Wildman–Crippen MR) is 125 cm³/mol. The normalized spacial score (nSPS) is 23.0. The third kappa shape index (κ3) is 3.84. The predicted octanol–water partition coefficient (Wildman–Crippen LogP) is 6.05. The molecule has 2 aromatic rings. The summed E-state index contributed by atoms with van der Waals surface area (Å²) in [6, 6.07) is 5.29. The molecule has 0 bridgehead atoms. The lowest BCUT2D eigenvalue weighted by molar-refractivity contribution is -0.171. The Labute approximate surface area is 213 Å². The molecule has 1 aromatic heterocycles. The average molecular weight is 548 g/mol. The van der Waals surface area contributed by atoms with Crippen molar-refractivity contribution in [3.8, 4) is 0 Å². The van der Waals surface area contributed by atoms with Crippen LogP contribution in [0.1, 0.15) is 42.8 Å². The van der Waals surface area contributed by atoms with Gasteiger partial charge in [0, 0.05) is 17.9 Å². The van der Waals surface area contributed by atoms with Crippen molar-refractivity contribution in [2.45, 2.75) is 43.4 Å². The second kappa shape index (κ2) is 8.33. The van der Waals surface area contributed by atoms with Crippen molar-refractivity contribution < 1.29 is 27.1 Å². The molecule has 0 radical (unpaired) electrons. The highest BCUT2D eigenvalue weighted by Gasteiger charge is 2.60. The molecule has 0 aliphatic carbocycles. The second-order valence-corrected chi connectivity index (χ2v) is 11.1. The van der Waals surface area contributed by atoms with Gasteiger partial charge < -0.3 is 9.64 Å². The summed E-state index contributed by atoms with van der Waals surface area (Å²) in [5, 5.41) is -0.984. The fourth-order valence-corrected chi connectivity index (χ4v) is 6.09. The van der Waals surface area contributed by atoms with E-state index in [1.807, 2.05) is 13.8 Å². The number of hydrogen-bond acceptors (Lipinski definition) is 5. The highest BCUT2D eigenvalue weighted by molar-refractivity contribution is 7.99. The summed E-state index contributed by atoms with van der Waals surface area (Å²) in [7, 11) is 0. The maximum atomic E-state index is 14.3. The fraction of sp³-hybridized carbons (Fsp3) is 0.435. The molecule has 186 valence electrons. The number of nitrogens with zero attached hydrogens (tertiary/aromatic N) is 3. The van der Waals surface area contributed by atoms with Crippen molar-refractivity contribution in [1.82, 2.24) is 9.88 Å². The summed E-state index contributed by atoms with van der Waals surface area (Å²) >= 11 is 11.9. The quantitative estimate of drug-likeness (QED) is 0.266. The first kappa shape index (κ1) is 24.8. The molecule has 1 fully saturated rings. The molecule has 35 heavy (non-hydrogen) atoms. The molecule has 12 heteroatoms. The van der Waals surface area contributed by atoms with E-state index in [9.17, 15) is 22.4 Å². The van der Waals surface area contributed by atoms with E-state index in [0.717, 1.165) is 17.7 Å². The number of aromatic nitrogens is 1. The van der Waals surface area contributed by atoms with Crippen LogP contribution in [0.3, 0.4) is 0 Å². The standard InChI is InChI=1S/C23H19Cl2F4N3O2S/c1-11(2)20(33)32-9-21(10-32)13-3-4-16(30-18(13)8-34-21)17-7-22(35-31-17,23(27,28)29)12-5-14(24)19(26)15(25)6-12/h3-6,11H,7-10H2,1-2H3. The Morgan fingerprint density at radius 3 is 2.46 bits per heavy atom. The summed E-state index contributed by atoms with van der Waals surface area (Å²) in [4.78, 5) is 18.5. The molecule has 1 spiro atoms. The van der Waals surface area contributed by atoms with Gasteiger partial charge in [0.15, 0.2) is 10.6 Å². The topological polar surface area (TPSA) is 54.8 Å². The third-order valence-corrected chi connectivity index (χ3v) is 8.37. The smallest absolute Gasteiger partial charge is 0.360 e. The Hall–Kier alpha value is -1.88. The molecule has 5 nitrogen and oxygen atoms in total. The van der Waals surface area contributed by atoms with Crippen molar-refractivity contribution in [3.05, 3.63) is 62.6 Å². The monoisotopic (exact) mass is 547 g/mol. The van der Waals surface area contributed by atoms with Gasteiger partial charge in [0.1, 0.15) is 5.60 Å². The van der Waals surface area contributed by atoms with Gasteiger partial charge >= 0.3 is 6.18 Å². The van der Waals surface area contributed by atoms with Crippen LogP contribution in [0.25, 0.3) is 0 Å². The third-order valence-electron chi connectivity index (χ3n) is 6.58. The van der Waals surface area contributed by atoms with Crippen molar-refractivity contribution in [1.29, 1.82) is 0 Å². The Morgan fingerprint density at radius 1 is 1.20 bits per heavy atom. The van der Waals surface area contributed by atoms with Crippen molar-refractivity contribution >= 4 is 46.8 Å². The van der Waals surface area contributed by atoms with E-state index in [2.05, 4.69) is 9.38 Å². The Balaban J connectivity index is 1.42. The van der Waals surface area contributed by atoms with Crippen LogP contribution >= 0.6 is 35.1 Å². The number of likely N-dealkylation sites (tertiary alicyclic amines) is 1. The number of ether oxygens (including phenoxy) is 1. The number of alkyl halides is 3. The van der Waals surface area contributed by atoms with Crippen molar-refractivity contribution in [2.75, 3.05) is 13.1 Å². The van der Waals surface area contributed by atoms with E-state index >= 15 is 0 Å². The molecule has 4 heterocycles. The zero-order valence-electron chi connectivity index (χ0n) is 18.5. The summed E-state index contributed by atoms with van der Waals surface area (Å²) in [6.45, 7) is 4.69. The van der Waals surface area contributed by atoms with Gasteiger partial charge in [-0.2, -0.15) is 13.2 Å². The molecule has 1 amide bonds. The van der Waals surface area contributed by atoms with Crippen LogP contribution in [0.5, 0.6) is 0 Å². The van der Waals surface area contributed by atoms with Crippen molar-refractivity contribution in [2.24, 2.45) is 10.3 Å². The minimum atomic E-state index is -4.73. The van der Waals surface area contributed by atoms with Crippen LogP contribution < -0.4 is 0 Å². The van der Waals surface area contributed by atoms with Crippen LogP contribution in [-0.4, -0.2) is 40.8 Å². The van der Waals surface area contributed by atoms with Gasteiger partial charge in [-0.3, -0.25) is 4.79 Å². The molecular weight excluding hydrogens is 529 g/mol. The first-order valence-electron chi connectivity index (χ1n) is 10.8. The zero-order chi connectivity index (χ0) is 25.3. The summed E-state index contributed by atoms with van der Waals surface area (Å²) in [6.07, 6.45) is -5.25. The number of rotatable bonds is 3. The molecule has 3 aliphatic rings. The Morgan fingerprint density at radius 2 is 1.86 bits per heavy atom. The average Bonchev–Trinajstić information content (AvgIpc) is 3.38. The molecule has 1 aromatic carbocycles. The number of hydrogen-bond donors (Lipinski definition) is 0. The maximum Gasteiger partial charge on any atom is 0.409 e. The molecule has 3 aliphatic heterocycles. The van der Waals surface area contributed by atoms with E-state index < -0.39 is 38.8 Å². The Kier molecular flexibility index (Phi) is 5.90. The number of fused-ring (bicyclic) bond motifs is 2. The van der Waals surface area contributed by atoms with E-state index in [4.69, 9.17) is 27.9 Å². The molecule has 0 saturated carbocycles. The van der Waals surface area contributed by atoms with Gasteiger partial charge in [0.2, 0.25) is 5.91 Å². The van der Waals surface area contributed by atoms with Gasteiger partial charge in [0.05, 0.1) is 46.8 Å². The van der Waals surface area contributed by atoms with Crippen LogP contribution in [0.2, 0.25) is 10.0 Å². The fourth-order valence-electron chi connectivity index (χ4n) is 4.65. The first-order chi connectivity index (χ1) is 16.4. The number of carbonyl (C=O) groups excluding carboxylic acids is 1. The zero-order valence-corrected chi connectivity index (χ0v) is 20.9. The molecule has 1 saturated heterocycles. The van der Waals surface area contributed by atoms with Gasteiger partial charge in [-0.05, 0) is 35.7 Å². The lowest BCUT2D eigenvalue weighted by Gasteiger charge is -2.48.